The number of carbonyl (C=O) groups is 3. The number of benzene rings is 3. The minimum absolute atomic E-state index is 0.225. The van der Waals surface area contributed by atoms with Gasteiger partial charge in [0.05, 0.1) is 11.4 Å². The van der Waals surface area contributed by atoms with Gasteiger partial charge in [0.1, 0.15) is 12.4 Å². The van der Waals surface area contributed by atoms with Crippen LogP contribution in [0.4, 0.5) is 4.79 Å². The number of hydrogen-bond acceptors (Lipinski definition) is 5. The molecule has 1 fully saturated rings. The van der Waals surface area contributed by atoms with Crippen molar-refractivity contribution in [2.24, 2.45) is 0 Å². The summed E-state index contributed by atoms with van der Waals surface area (Å²) in [6.45, 7) is -0.00907. The van der Waals surface area contributed by atoms with Gasteiger partial charge in [0, 0.05) is 25.1 Å². The second kappa shape index (κ2) is 10.9. The zero-order valence-corrected chi connectivity index (χ0v) is 22.2. The Morgan fingerprint density at radius 2 is 1.65 bits per heavy atom. The lowest BCUT2D eigenvalue weighted by molar-refractivity contribution is -0.122. The van der Waals surface area contributed by atoms with E-state index in [4.69, 9.17) is 16.3 Å². The van der Waals surface area contributed by atoms with E-state index in [2.05, 4.69) is 31.9 Å². The normalized spacial score (nSPS) is 14.7. The number of amides is 2. The molecule has 0 atom stereocenters. The summed E-state index contributed by atoms with van der Waals surface area (Å²) in [4.78, 5) is 39.2. The van der Waals surface area contributed by atoms with E-state index < -0.39 is 11.1 Å². The molecule has 0 bridgehead atoms. The maximum absolute atomic E-state index is 12.9. The van der Waals surface area contributed by atoms with E-state index in [1.165, 1.54) is 0 Å². The maximum atomic E-state index is 12.9. The van der Waals surface area contributed by atoms with Crippen LogP contribution < -0.4 is 4.74 Å². The van der Waals surface area contributed by atoms with Crippen molar-refractivity contribution < 1.29 is 19.1 Å². The Balaban J connectivity index is 1.52. The number of imide groups is 1. The molecule has 0 N–H and O–H groups in total. The van der Waals surface area contributed by atoms with Crippen molar-refractivity contribution in [2.45, 2.75) is 6.61 Å². The topological polar surface area (TPSA) is 63.7 Å². The lowest BCUT2D eigenvalue weighted by Gasteiger charge is -2.12. The highest BCUT2D eigenvalue weighted by molar-refractivity contribution is 9.10. The van der Waals surface area contributed by atoms with Gasteiger partial charge >= 0.3 is 0 Å². The van der Waals surface area contributed by atoms with Crippen molar-refractivity contribution >= 4 is 78.2 Å². The van der Waals surface area contributed by atoms with Crippen LogP contribution in [-0.2, 0) is 11.4 Å². The fourth-order valence-corrected chi connectivity index (χ4v) is 4.75. The van der Waals surface area contributed by atoms with E-state index in [1.807, 2.05) is 18.2 Å². The van der Waals surface area contributed by atoms with Gasteiger partial charge in [0.2, 0.25) is 0 Å². The Morgan fingerprint density at radius 3 is 2.35 bits per heavy atom. The Labute approximate surface area is 222 Å². The average molecular weight is 622 g/mol. The monoisotopic (exact) mass is 619 g/mol. The molecule has 5 nitrogen and oxygen atoms in total. The van der Waals surface area contributed by atoms with Crippen LogP contribution in [0.15, 0.2) is 80.6 Å². The number of hydrogen-bond donors (Lipinski definition) is 0. The van der Waals surface area contributed by atoms with Gasteiger partial charge in [-0.3, -0.25) is 19.3 Å². The molecule has 4 rings (SSSR count). The zero-order valence-electron chi connectivity index (χ0n) is 17.5. The summed E-state index contributed by atoms with van der Waals surface area (Å²) < 4.78 is 7.59. The zero-order chi connectivity index (χ0) is 24.2. The Bertz CT molecular complexity index is 1290. The highest BCUT2D eigenvalue weighted by Crippen LogP contribution is 2.35. The fraction of sp³-hybridized carbons (Fsp3) is 0.0800. The third kappa shape index (κ3) is 5.99. The third-order valence-corrected chi connectivity index (χ3v) is 7.09. The Hall–Kier alpha value is -2.39. The molecule has 1 aliphatic rings. The molecule has 34 heavy (non-hydrogen) atoms. The predicted molar refractivity (Wildman–Crippen MR) is 141 cm³/mol. The van der Waals surface area contributed by atoms with E-state index in [-0.39, 0.29) is 17.2 Å². The van der Waals surface area contributed by atoms with Crippen molar-refractivity contribution in [1.29, 1.82) is 0 Å². The van der Waals surface area contributed by atoms with Gasteiger partial charge in [-0.2, -0.15) is 0 Å². The summed E-state index contributed by atoms with van der Waals surface area (Å²) in [5.41, 5.74) is 1.99. The summed E-state index contributed by atoms with van der Waals surface area (Å²) in [5, 5.41) is 0.155. The molecule has 1 aliphatic heterocycles. The first-order valence-electron chi connectivity index (χ1n) is 10.0. The largest absolute Gasteiger partial charge is 0.488 e. The van der Waals surface area contributed by atoms with Crippen molar-refractivity contribution in [3.8, 4) is 5.75 Å². The van der Waals surface area contributed by atoms with E-state index in [1.54, 1.807) is 54.6 Å². The van der Waals surface area contributed by atoms with Crippen molar-refractivity contribution in [1.82, 2.24) is 4.90 Å². The number of ether oxygens (including phenoxy) is 1. The SMILES string of the molecule is O=C(CN1C(=O)S/C(=C/c2cc(Br)ccc2OCc2ccc(Cl)cc2)C1=O)c1ccc(Br)cc1. The number of carbonyl (C=O) groups excluding carboxylic acids is 3. The summed E-state index contributed by atoms with van der Waals surface area (Å²) in [6, 6.07) is 19.5. The summed E-state index contributed by atoms with van der Waals surface area (Å²) >= 11 is 13.5. The lowest BCUT2D eigenvalue weighted by Crippen LogP contribution is -2.33. The number of halogens is 3. The summed E-state index contributed by atoms with van der Waals surface area (Å²) in [7, 11) is 0. The molecule has 1 saturated heterocycles. The van der Waals surface area contributed by atoms with E-state index in [9.17, 15) is 14.4 Å². The van der Waals surface area contributed by atoms with Gasteiger partial charge in [-0.25, -0.2) is 0 Å². The van der Waals surface area contributed by atoms with E-state index in [0.29, 0.717) is 28.5 Å². The van der Waals surface area contributed by atoms with Gasteiger partial charge in [0.25, 0.3) is 11.1 Å². The van der Waals surface area contributed by atoms with Crippen LogP contribution in [0, 0.1) is 0 Å². The molecule has 3 aromatic carbocycles. The predicted octanol–water partition coefficient (Wildman–Crippen LogP) is 7.36. The highest BCUT2D eigenvalue weighted by atomic mass is 79.9. The first kappa shape index (κ1) is 24.7. The van der Waals surface area contributed by atoms with Gasteiger partial charge in [0.15, 0.2) is 5.78 Å². The van der Waals surface area contributed by atoms with E-state index in [0.717, 1.165) is 31.2 Å². The molecule has 0 saturated carbocycles. The number of rotatable bonds is 7. The van der Waals surface area contributed by atoms with Crippen molar-refractivity contribution in [3.63, 3.8) is 0 Å². The van der Waals surface area contributed by atoms with Gasteiger partial charge in [-0.15, -0.1) is 0 Å². The Morgan fingerprint density at radius 1 is 0.971 bits per heavy atom. The molecule has 0 spiro atoms. The second-order valence-corrected chi connectivity index (χ2v) is 10.6. The molecule has 0 radical (unpaired) electrons. The van der Waals surface area contributed by atoms with Crippen LogP contribution >= 0.6 is 55.2 Å². The molecule has 172 valence electrons. The number of nitrogens with zero attached hydrogens (tertiary/aromatic N) is 1. The molecule has 0 aliphatic carbocycles. The van der Waals surface area contributed by atoms with Crippen molar-refractivity contribution in [3.05, 3.63) is 102 Å². The molecule has 0 aromatic heterocycles. The van der Waals surface area contributed by atoms with Crippen LogP contribution in [0.5, 0.6) is 5.75 Å². The average Bonchev–Trinajstić information content (AvgIpc) is 3.07. The van der Waals surface area contributed by atoms with Crippen LogP contribution in [0.3, 0.4) is 0 Å². The number of ketones is 1. The smallest absolute Gasteiger partial charge is 0.293 e. The van der Waals surface area contributed by atoms with Gasteiger partial charge in [-0.05, 0) is 65.9 Å². The molecular weight excluding hydrogens is 606 g/mol. The molecule has 0 unspecified atom stereocenters. The first-order valence-corrected chi connectivity index (χ1v) is 12.8. The molecule has 1 heterocycles. The maximum Gasteiger partial charge on any atom is 0.293 e. The molecule has 3 aromatic rings. The fourth-order valence-electron chi connectivity index (χ4n) is 3.15. The van der Waals surface area contributed by atoms with Gasteiger partial charge < -0.3 is 4.74 Å². The summed E-state index contributed by atoms with van der Waals surface area (Å²) in [5.74, 6) is -0.273. The second-order valence-electron chi connectivity index (χ2n) is 7.30. The standard InChI is InChI=1S/C25H16Br2ClNO4S/c26-18-5-3-16(4-6-18)21(30)13-29-24(31)23(34-25(29)32)12-17-11-19(27)7-10-22(17)33-14-15-1-8-20(28)9-2-15/h1-12H,13-14H2/b23-12+. The quantitative estimate of drug-likeness (QED) is 0.204. The number of Topliss-reactive ketones (excluding diaryl/α,β-unsaturated/α-hetero) is 1. The van der Waals surface area contributed by atoms with Crippen LogP contribution in [-0.4, -0.2) is 28.4 Å². The molecule has 9 heteroatoms. The van der Waals surface area contributed by atoms with Crippen LogP contribution in [0.25, 0.3) is 6.08 Å². The number of thioether (sulfide) groups is 1. The highest BCUT2D eigenvalue weighted by Gasteiger charge is 2.36. The molecular formula is C25H16Br2ClNO4S. The minimum atomic E-state index is -0.510. The van der Waals surface area contributed by atoms with E-state index >= 15 is 0 Å². The van der Waals surface area contributed by atoms with Gasteiger partial charge in [-0.1, -0.05) is 67.7 Å². The first-order chi connectivity index (χ1) is 16.3. The molecule has 2 amide bonds. The van der Waals surface area contributed by atoms with Crippen LogP contribution in [0.1, 0.15) is 21.5 Å². The van der Waals surface area contributed by atoms with Crippen molar-refractivity contribution in [2.75, 3.05) is 6.54 Å². The van der Waals surface area contributed by atoms with Crippen LogP contribution in [0.2, 0.25) is 5.02 Å². The Kier molecular flexibility index (Phi) is 7.93. The lowest BCUT2D eigenvalue weighted by atomic mass is 10.1. The third-order valence-electron chi connectivity index (χ3n) is 4.91. The minimum Gasteiger partial charge on any atom is -0.488 e. The summed E-state index contributed by atoms with van der Waals surface area (Å²) in [6.07, 6.45) is 1.61.